The fourth-order valence-corrected chi connectivity index (χ4v) is 2.91. The summed E-state index contributed by atoms with van der Waals surface area (Å²) in [5.74, 6) is 1.05. The summed E-state index contributed by atoms with van der Waals surface area (Å²) in [7, 11) is 1.76. The zero-order chi connectivity index (χ0) is 13.8. The van der Waals surface area contributed by atoms with E-state index in [4.69, 9.17) is 4.74 Å². The van der Waals surface area contributed by atoms with Crippen LogP contribution in [0.15, 0.2) is 36.9 Å². The summed E-state index contributed by atoms with van der Waals surface area (Å²) in [6.45, 7) is 0.862. The number of aromatic nitrogens is 2. The summed E-state index contributed by atoms with van der Waals surface area (Å²) in [5.41, 5.74) is 4.21. The molecule has 0 saturated carbocycles. The summed E-state index contributed by atoms with van der Waals surface area (Å²) in [6, 6.07) is 4.27. The predicted octanol–water partition coefficient (Wildman–Crippen LogP) is 3.48. The average molecular weight is 268 g/mol. The molecule has 0 N–H and O–H groups in total. The van der Waals surface area contributed by atoms with Crippen LogP contribution in [0, 0.1) is 0 Å². The van der Waals surface area contributed by atoms with Gasteiger partial charge < -0.3 is 9.30 Å². The lowest BCUT2D eigenvalue weighted by Gasteiger charge is -2.20. The van der Waals surface area contributed by atoms with Gasteiger partial charge in [0.05, 0.1) is 13.4 Å². The number of rotatable bonds is 4. The van der Waals surface area contributed by atoms with E-state index < -0.39 is 0 Å². The molecule has 0 aliphatic heterocycles. The van der Waals surface area contributed by atoms with Crippen LogP contribution < -0.4 is 4.74 Å². The van der Waals surface area contributed by atoms with E-state index >= 15 is 0 Å². The molecule has 2 aromatic rings. The highest BCUT2D eigenvalue weighted by Gasteiger charge is 2.16. The molecule has 0 atom stereocenters. The predicted molar refractivity (Wildman–Crippen MR) is 80.9 cm³/mol. The number of benzene rings is 1. The van der Waals surface area contributed by atoms with Crippen LogP contribution in [0.1, 0.15) is 29.5 Å². The van der Waals surface area contributed by atoms with E-state index in [0.29, 0.717) is 0 Å². The lowest BCUT2D eigenvalue weighted by atomic mass is 9.87. The Morgan fingerprint density at radius 2 is 2.10 bits per heavy atom. The third-order valence-electron chi connectivity index (χ3n) is 3.92. The van der Waals surface area contributed by atoms with E-state index in [2.05, 4.69) is 33.8 Å². The van der Waals surface area contributed by atoms with Crippen LogP contribution in [-0.2, 0) is 19.4 Å². The van der Waals surface area contributed by atoms with Crippen LogP contribution in [0.4, 0.5) is 0 Å². The molecule has 3 nitrogen and oxygen atoms in total. The average Bonchev–Trinajstić information content (AvgIpc) is 3.01. The lowest BCUT2D eigenvalue weighted by Crippen LogP contribution is -2.06. The number of methoxy groups -OCH3 is 1. The van der Waals surface area contributed by atoms with Crippen LogP contribution in [0.25, 0.3) is 6.08 Å². The first-order chi connectivity index (χ1) is 9.88. The van der Waals surface area contributed by atoms with E-state index in [-0.39, 0.29) is 0 Å². The minimum absolute atomic E-state index is 0.862. The zero-order valence-corrected chi connectivity index (χ0v) is 11.9. The van der Waals surface area contributed by atoms with Gasteiger partial charge in [-0.25, -0.2) is 4.98 Å². The highest BCUT2D eigenvalue weighted by molar-refractivity contribution is 5.60. The molecule has 0 fully saturated rings. The fourth-order valence-electron chi connectivity index (χ4n) is 2.91. The summed E-state index contributed by atoms with van der Waals surface area (Å²) >= 11 is 0. The van der Waals surface area contributed by atoms with Gasteiger partial charge >= 0.3 is 0 Å². The van der Waals surface area contributed by atoms with Gasteiger partial charge in [0.2, 0.25) is 0 Å². The third kappa shape index (κ3) is 2.62. The van der Waals surface area contributed by atoms with Crippen molar-refractivity contribution in [2.45, 2.75) is 32.2 Å². The first kappa shape index (κ1) is 13.0. The van der Waals surface area contributed by atoms with Gasteiger partial charge in [-0.2, -0.15) is 0 Å². The molecule has 104 valence electrons. The molecule has 0 amide bonds. The summed E-state index contributed by atoms with van der Waals surface area (Å²) in [6.07, 6.45) is 14.9. The van der Waals surface area contributed by atoms with Gasteiger partial charge in [-0.15, -0.1) is 0 Å². The maximum atomic E-state index is 5.49. The first-order valence-corrected chi connectivity index (χ1v) is 7.19. The molecule has 0 saturated heterocycles. The maximum Gasteiger partial charge on any atom is 0.122 e. The Kier molecular flexibility index (Phi) is 3.86. The summed E-state index contributed by atoms with van der Waals surface area (Å²) in [5, 5.41) is 0. The first-order valence-electron chi connectivity index (χ1n) is 7.19. The molecule has 1 aliphatic carbocycles. The standard InChI is InChI=1S/C17H20N2O/c1-20-17-9-8-14(15-6-2-3-7-16(15)17)5-4-11-19-12-10-18-13-19/h4-5,8-10,12-13H,2-3,6-7,11H2,1H3/b5-4+. The minimum Gasteiger partial charge on any atom is -0.496 e. The quantitative estimate of drug-likeness (QED) is 0.848. The minimum atomic E-state index is 0.862. The molecule has 20 heavy (non-hydrogen) atoms. The lowest BCUT2D eigenvalue weighted by molar-refractivity contribution is 0.406. The molecule has 0 spiro atoms. The molecule has 0 bridgehead atoms. The van der Waals surface area contributed by atoms with E-state index in [0.717, 1.165) is 25.1 Å². The van der Waals surface area contributed by atoms with Crippen molar-refractivity contribution >= 4 is 6.08 Å². The Morgan fingerprint density at radius 1 is 1.25 bits per heavy atom. The number of nitrogens with zero attached hydrogens (tertiary/aromatic N) is 2. The monoisotopic (exact) mass is 268 g/mol. The summed E-state index contributed by atoms with van der Waals surface area (Å²) < 4.78 is 7.56. The number of fused-ring (bicyclic) bond motifs is 1. The maximum absolute atomic E-state index is 5.49. The zero-order valence-electron chi connectivity index (χ0n) is 11.9. The van der Waals surface area contributed by atoms with Gasteiger partial charge in [0.15, 0.2) is 0 Å². The Balaban J connectivity index is 1.84. The van der Waals surface area contributed by atoms with Gasteiger partial charge in [-0.3, -0.25) is 0 Å². The van der Waals surface area contributed by atoms with Crippen molar-refractivity contribution in [2.24, 2.45) is 0 Å². The number of ether oxygens (including phenoxy) is 1. The largest absolute Gasteiger partial charge is 0.496 e. The molecule has 1 heterocycles. The van der Waals surface area contributed by atoms with Crippen LogP contribution in [-0.4, -0.2) is 16.7 Å². The molecule has 0 unspecified atom stereocenters. The van der Waals surface area contributed by atoms with Crippen molar-refractivity contribution in [3.05, 3.63) is 53.6 Å². The molecule has 1 aromatic carbocycles. The van der Waals surface area contributed by atoms with Gasteiger partial charge in [-0.1, -0.05) is 18.2 Å². The van der Waals surface area contributed by atoms with Crippen molar-refractivity contribution < 1.29 is 4.74 Å². The van der Waals surface area contributed by atoms with Gasteiger partial charge in [0, 0.05) is 18.9 Å². The normalized spacial score (nSPS) is 14.4. The van der Waals surface area contributed by atoms with Crippen molar-refractivity contribution in [3.63, 3.8) is 0 Å². The Morgan fingerprint density at radius 3 is 2.85 bits per heavy atom. The van der Waals surface area contributed by atoms with Crippen molar-refractivity contribution in [1.82, 2.24) is 9.55 Å². The van der Waals surface area contributed by atoms with E-state index in [1.54, 1.807) is 7.11 Å². The van der Waals surface area contributed by atoms with Crippen LogP contribution in [0.2, 0.25) is 0 Å². The topological polar surface area (TPSA) is 27.1 Å². The van der Waals surface area contributed by atoms with Gasteiger partial charge in [0.1, 0.15) is 5.75 Å². The Labute approximate surface area is 119 Å². The Bertz CT molecular complexity index is 600. The number of hydrogen-bond acceptors (Lipinski definition) is 2. The molecular formula is C17H20N2O. The molecule has 1 aromatic heterocycles. The smallest absolute Gasteiger partial charge is 0.122 e. The second-order valence-electron chi connectivity index (χ2n) is 5.18. The Hall–Kier alpha value is -2.03. The van der Waals surface area contributed by atoms with Gasteiger partial charge in [0.25, 0.3) is 0 Å². The van der Waals surface area contributed by atoms with Crippen LogP contribution in [0.3, 0.4) is 0 Å². The van der Waals surface area contributed by atoms with Crippen LogP contribution >= 0.6 is 0 Å². The fraction of sp³-hybridized carbons (Fsp3) is 0.353. The summed E-state index contributed by atoms with van der Waals surface area (Å²) in [4.78, 5) is 4.05. The van der Waals surface area contributed by atoms with E-state index in [1.165, 1.54) is 29.5 Å². The van der Waals surface area contributed by atoms with Crippen molar-refractivity contribution in [1.29, 1.82) is 0 Å². The number of imidazole rings is 1. The van der Waals surface area contributed by atoms with E-state index in [1.807, 2.05) is 18.7 Å². The molecular weight excluding hydrogens is 248 g/mol. The number of hydrogen-bond donors (Lipinski definition) is 0. The third-order valence-corrected chi connectivity index (χ3v) is 3.92. The highest BCUT2D eigenvalue weighted by atomic mass is 16.5. The van der Waals surface area contributed by atoms with Crippen molar-refractivity contribution in [2.75, 3.05) is 7.11 Å². The molecule has 1 aliphatic rings. The highest BCUT2D eigenvalue weighted by Crippen LogP contribution is 2.32. The molecule has 3 heteroatoms. The van der Waals surface area contributed by atoms with Gasteiger partial charge in [-0.05, 0) is 48.4 Å². The second kappa shape index (κ2) is 5.95. The molecule has 3 rings (SSSR count). The van der Waals surface area contributed by atoms with E-state index in [9.17, 15) is 0 Å². The van der Waals surface area contributed by atoms with Crippen molar-refractivity contribution in [3.8, 4) is 5.75 Å². The SMILES string of the molecule is COc1ccc(/C=C/Cn2ccnc2)c2c1CCCC2. The molecule has 0 radical (unpaired) electrons. The number of allylic oxidation sites excluding steroid dienone is 1. The second-order valence-corrected chi connectivity index (χ2v) is 5.18. The van der Waals surface area contributed by atoms with Crippen LogP contribution in [0.5, 0.6) is 5.75 Å².